The van der Waals surface area contributed by atoms with E-state index >= 15 is 0 Å². The number of carbonyl (C=O) groups excluding carboxylic acids is 1. The molecule has 1 fully saturated rings. The van der Waals surface area contributed by atoms with Crippen LogP contribution >= 0.6 is 12.2 Å². The zero-order valence-corrected chi connectivity index (χ0v) is 21.8. The number of benzene rings is 2. The molecule has 4 aromatic rings. The lowest BCUT2D eigenvalue weighted by atomic mass is 9.96. The Morgan fingerprint density at radius 2 is 1.84 bits per heavy atom. The van der Waals surface area contributed by atoms with Gasteiger partial charge in [0.05, 0.1) is 30.5 Å². The van der Waals surface area contributed by atoms with Gasteiger partial charge in [0.25, 0.3) is 0 Å². The van der Waals surface area contributed by atoms with E-state index in [-0.39, 0.29) is 23.9 Å². The molecular weight excluding hydrogens is 487 g/mol. The van der Waals surface area contributed by atoms with Gasteiger partial charge in [-0.1, -0.05) is 12.1 Å². The molecular formula is C29H27FN4O2S. The smallest absolute Gasteiger partial charge is 0.337 e. The summed E-state index contributed by atoms with van der Waals surface area (Å²) in [5.74, 6) is -0.647. The van der Waals surface area contributed by atoms with Crippen molar-refractivity contribution in [1.82, 2.24) is 14.9 Å². The van der Waals surface area contributed by atoms with Crippen LogP contribution in [-0.2, 0) is 4.74 Å². The van der Waals surface area contributed by atoms with Gasteiger partial charge in [-0.05, 0) is 98.7 Å². The number of hydrogen-bond acceptors (Lipinski definition) is 4. The second-order valence-corrected chi connectivity index (χ2v) is 9.52. The van der Waals surface area contributed by atoms with Crippen LogP contribution in [0.25, 0.3) is 5.69 Å². The van der Waals surface area contributed by atoms with E-state index in [0.29, 0.717) is 16.2 Å². The standard InChI is InChI=1S/C29H27FN4O2S/c1-17-14-22(11-12-24(17)30)34-27(26(32-29(34)37)25-10-5-6-13-31-25)23-15-18(2)33(19(23)3)21-9-7-8-20(16-21)28(35)36-4/h5-16,26-27H,1-4H3,(H,32,37)/t26-,27+/m1/s1. The molecule has 0 radical (unpaired) electrons. The molecule has 2 aromatic carbocycles. The van der Waals surface area contributed by atoms with Crippen molar-refractivity contribution in [2.75, 3.05) is 12.0 Å². The number of nitrogens with zero attached hydrogens (tertiary/aromatic N) is 3. The van der Waals surface area contributed by atoms with Crippen LogP contribution in [0.5, 0.6) is 0 Å². The zero-order chi connectivity index (χ0) is 26.3. The second-order valence-electron chi connectivity index (χ2n) is 9.13. The van der Waals surface area contributed by atoms with E-state index in [2.05, 4.69) is 27.9 Å². The highest BCUT2D eigenvalue weighted by atomic mass is 32.1. The number of rotatable bonds is 5. The summed E-state index contributed by atoms with van der Waals surface area (Å²) in [7, 11) is 1.37. The summed E-state index contributed by atoms with van der Waals surface area (Å²) >= 11 is 5.82. The van der Waals surface area contributed by atoms with Gasteiger partial charge in [-0.25, -0.2) is 9.18 Å². The predicted octanol–water partition coefficient (Wildman–Crippen LogP) is 5.90. The van der Waals surface area contributed by atoms with Gasteiger partial charge in [-0.15, -0.1) is 0 Å². The van der Waals surface area contributed by atoms with Crippen molar-refractivity contribution in [3.05, 3.63) is 113 Å². The van der Waals surface area contributed by atoms with Crippen LogP contribution in [0.3, 0.4) is 0 Å². The fourth-order valence-corrected chi connectivity index (χ4v) is 5.45. The Hall–Kier alpha value is -4.04. The molecule has 0 saturated carbocycles. The van der Waals surface area contributed by atoms with E-state index in [0.717, 1.165) is 34.0 Å². The quantitative estimate of drug-likeness (QED) is 0.264. The number of nitrogens with one attached hydrogen (secondary N) is 1. The van der Waals surface area contributed by atoms with Crippen molar-refractivity contribution >= 4 is 29.0 Å². The maximum atomic E-state index is 14.2. The van der Waals surface area contributed by atoms with Crippen LogP contribution in [0, 0.1) is 26.6 Å². The molecule has 1 aliphatic rings. The number of ether oxygens (including phenoxy) is 1. The number of halogens is 1. The molecule has 2 atom stereocenters. The van der Waals surface area contributed by atoms with Crippen LogP contribution in [0.4, 0.5) is 10.1 Å². The summed E-state index contributed by atoms with van der Waals surface area (Å²) in [6.07, 6.45) is 1.77. The third-order valence-corrected chi connectivity index (χ3v) is 7.15. The average Bonchev–Trinajstić information content (AvgIpc) is 3.40. The Balaban J connectivity index is 1.67. The highest BCUT2D eigenvalue weighted by Crippen LogP contribution is 2.44. The van der Waals surface area contributed by atoms with Gasteiger partial charge in [0, 0.05) is 29.0 Å². The lowest BCUT2D eigenvalue weighted by molar-refractivity contribution is 0.0600. The van der Waals surface area contributed by atoms with E-state index in [1.807, 2.05) is 54.3 Å². The van der Waals surface area contributed by atoms with Gasteiger partial charge in [-0.3, -0.25) is 4.98 Å². The van der Waals surface area contributed by atoms with Gasteiger partial charge in [0.1, 0.15) is 5.82 Å². The van der Waals surface area contributed by atoms with Crippen molar-refractivity contribution < 1.29 is 13.9 Å². The number of aryl methyl sites for hydroxylation is 2. The van der Waals surface area contributed by atoms with Crippen LogP contribution < -0.4 is 10.2 Å². The molecule has 0 aliphatic carbocycles. The fourth-order valence-electron chi connectivity index (χ4n) is 5.10. The monoisotopic (exact) mass is 514 g/mol. The molecule has 8 heteroatoms. The van der Waals surface area contributed by atoms with E-state index in [4.69, 9.17) is 17.0 Å². The SMILES string of the molecule is COC(=O)c1cccc(-n2c(C)cc([C@H]3[C@@H](c4ccccn4)NC(=S)N3c3ccc(F)c(C)c3)c2C)c1. The third kappa shape index (κ3) is 4.38. The van der Waals surface area contributed by atoms with E-state index in [1.54, 1.807) is 25.3 Å². The molecule has 6 nitrogen and oxygen atoms in total. The van der Waals surface area contributed by atoms with Crippen LogP contribution in [-0.4, -0.2) is 27.7 Å². The van der Waals surface area contributed by atoms with E-state index in [1.165, 1.54) is 13.2 Å². The van der Waals surface area contributed by atoms with Crippen molar-refractivity contribution in [2.45, 2.75) is 32.9 Å². The van der Waals surface area contributed by atoms with Gasteiger partial charge < -0.3 is 19.5 Å². The summed E-state index contributed by atoms with van der Waals surface area (Å²) in [6, 6.07) is 19.9. The highest BCUT2D eigenvalue weighted by Gasteiger charge is 2.42. The summed E-state index contributed by atoms with van der Waals surface area (Å²) in [6.45, 7) is 5.83. The molecule has 1 aliphatic heterocycles. The molecule has 2 aromatic heterocycles. The summed E-state index contributed by atoms with van der Waals surface area (Å²) < 4.78 is 21.2. The summed E-state index contributed by atoms with van der Waals surface area (Å²) in [5.41, 5.74) is 6.59. The Kier molecular flexibility index (Phi) is 6.52. The lowest BCUT2D eigenvalue weighted by Gasteiger charge is -2.28. The number of pyridine rings is 1. The minimum Gasteiger partial charge on any atom is -0.465 e. The van der Waals surface area contributed by atoms with Crippen molar-refractivity contribution in [2.24, 2.45) is 0 Å². The summed E-state index contributed by atoms with van der Waals surface area (Å²) in [4.78, 5) is 18.8. The number of methoxy groups -OCH3 is 1. The number of carbonyl (C=O) groups is 1. The topological polar surface area (TPSA) is 59.4 Å². The number of hydrogen-bond donors (Lipinski definition) is 1. The first kappa shape index (κ1) is 24.6. The van der Waals surface area contributed by atoms with Crippen LogP contribution in [0.1, 0.15) is 50.7 Å². The molecule has 1 N–H and O–H groups in total. The predicted molar refractivity (Wildman–Crippen MR) is 146 cm³/mol. The van der Waals surface area contributed by atoms with Crippen LogP contribution in [0.15, 0.2) is 72.9 Å². The molecule has 37 heavy (non-hydrogen) atoms. The molecule has 0 spiro atoms. The Bertz CT molecular complexity index is 1500. The van der Waals surface area contributed by atoms with Gasteiger partial charge in [0.15, 0.2) is 5.11 Å². The second kappa shape index (κ2) is 9.78. The molecule has 0 unspecified atom stereocenters. The minimum atomic E-state index is -0.386. The third-order valence-electron chi connectivity index (χ3n) is 6.83. The number of thiocarbonyl (C=S) groups is 1. The Morgan fingerprint density at radius 1 is 1.03 bits per heavy atom. The fraction of sp³-hybridized carbons (Fsp3) is 0.207. The number of anilines is 1. The molecule has 0 amide bonds. The lowest BCUT2D eigenvalue weighted by Crippen LogP contribution is -2.29. The molecule has 3 heterocycles. The molecule has 188 valence electrons. The first-order valence-corrected chi connectivity index (χ1v) is 12.4. The normalized spacial score (nSPS) is 17.1. The van der Waals surface area contributed by atoms with E-state index in [9.17, 15) is 9.18 Å². The van der Waals surface area contributed by atoms with Gasteiger partial charge in [-0.2, -0.15) is 0 Å². The van der Waals surface area contributed by atoms with Crippen molar-refractivity contribution in [3.8, 4) is 5.69 Å². The molecule has 5 rings (SSSR count). The summed E-state index contributed by atoms with van der Waals surface area (Å²) in [5, 5.41) is 4.00. The average molecular weight is 515 g/mol. The Labute approximate surface area is 220 Å². The number of aromatic nitrogens is 2. The minimum absolute atomic E-state index is 0.227. The van der Waals surface area contributed by atoms with Crippen molar-refractivity contribution in [1.29, 1.82) is 0 Å². The van der Waals surface area contributed by atoms with E-state index < -0.39 is 0 Å². The number of esters is 1. The first-order valence-electron chi connectivity index (χ1n) is 11.9. The maximum absolute atomic E-state index is 14.2. The van der Waals surface area contributed by atoms with Crippen LogP contribution in [0.2, 0.25) is 0 Å². The largest absolute Gasteiger partial charge is 0.465 e. The van der Waals surface area contributed by atoms with Crippen molar-refractivity contribution in [3.63, 3.8) is 0 Å². The van der Waals surface area contributed by atoms with Gasteiger partial charge >= 0.3 is 5.97 Å². The first-order chi connectivity index (χ1) is 17.8. The molecule has 0 bridgehead atoms. The Morgan fingerprint density at radius 3 is 2.54 bits per heavy atom. The zero-order valence-electron chi connectivity index (χ0n) is 21.0. The molecule has 1 saturated heterocycles. The maximum Gasteiger partial charge on any atom is 0.337 e. The van der Waals surface area contributed by atoms with Gasteiger partial charge in [0.2, 0.25) is 0 Å². The highest BCUT2D eigenvalue weighted by molar-refractivity contribution is 7.80.